The first-order chi connectivity index (χ1) is 2.91. The lowest BCUT2D eigenvalue weighted by atomic mass is 10.7. The molecule has 0 bridgehead atoms. The molecule has 0 spiro atoms. The SMILES string of the molecule is CCNCC=S. The van der Waals surface area contributed by atoms with Crippen molar-refractivity contribution in [2.75, 3.05) is 13.1 Å². The van der Waals surface area contributed by atoms with Crippen molar-refractivity contribution in [1.29, 1.82) is 0 Å². The van der Waals surface area contributed by atoms with Gasteiger partial charge < -0.3 is 5.32 Å². The lowest BCUT2D eigenvalue weighted by Gasteiger charge is -1.87. The van der Waals surface area contributed by atoms with Crippen LogP contribution in [0.15, 0.2) is 0 Å². The third-order valence-corrected chi connectivity index (χ3v) is 0.644. The summed E-state index contributed by atoms with van der Waals surface area (Å²) in [5.41, 5.74) is 0. The van der Waals surface area contributed by atoms with E-state index in [2.05, 4.69) is 24.5 Å². The summed E-state index contributed by atoms with van der Waals surface area (Å²) in [4.78, 5) is 0. The van der Waals surface area contributed by atoms with Crippen molar-refractivity contribution in [1.82, 2.24) is 5.32 Å². The lowest BCUT2D eigenvalue weighted by Crippen LogP contribution is -2.13. The van der Waals surface area contributed by atoms with Crippen LogP contribution in [0.1, 0.15) is 6.92 Å². The molecule has 0 aromatic rings. The lowest BCUT2D eigenvalue weighted by molar-refractivity contribution is 0.827. The van der Waals surface area contributed by atoms with Gasteiger partial charge in [0.25, 0.3) is 0 Å². The molecule has 0 aliphatic rings. The summed E-state index contributed by atoms with van der Waals surface area (Å²) in [6.45, 7) is 3.91. The molecule has 0 aromatic heterocycles. The minimum atomic E-state index is 0.853. The Hall–Kier alpha value is 0.0500. The van der Waals surface area contributed by atoms with E-state index in [9.17, 15) is 0 Å². The Morgan fingerprint density at radius 1 is 1.83 bits per heavy atom. The van der Waals surface area contributed by atoms with Gasteiger partial charge in [-0.05, 0) is 11.9 Å². The Kier molecular flexibility index (Phi) is 5.09. The van der Waals surface area contributed by atoms with Gasteiger partial charge in [0, 0.05) is 6.54 Å². The van der Waals surface area contributed by atoms with Crippen molar-refractivity contribution < 1.29 is 0 Å². The van der Waals surface area contributed by atoms with Gasteiger partial charge in [0.1, 0.15) is 0 Å². The molecule has 0 atom stereocenters. The molecule has 0 saturated heterocycles. The topological polar surface area (TPSA) is 12.0 Å². The number of nitrogens with one attached hydrogen (secondary N) is 1. The van der Waals surface area contributed by atoms with Crippen LogP contribution in [0, 0.1) is 0 Å². The van der Waals surface area contributed by atoms with E-state index in [1.54, 1.807) is 5.37 Å². The highest BCUT2D eigenvalue weighted by atomic mass is 32.1. The fourth-order valence-corrected chi connectivity index (χ4v) is 0.321. The zero-order valence-electron chi connectivity index (χ0n) is 3.90. The minimum absolute atomic E-state index is 0.853. The smallest absolute Gasteiger partial charge is 0.0238 e. The molecule has 1 N–H and O–H groups in total. The summed E-state index contributed by atoms with van der Waals surface area (Å²) in [6.07, 6.45) is 0. The summed E-state index contributed by atoms with van der Waals surface area (Å²) in [5.74, 6) is 0. The molecule has 0 unspecified atom stereocenters. The van der Waals surface area contributed by atoms with E-state index in [0.29, 0.717) is 0 Å². The van der Waals surface area contributed by atoms with Gasteiger partial charge in [0.05, 0.1) is 0 Å². The highest BCUT2D eigenvalue weighted by Crippen LogP contribution is 1.50. The van der Waals surface area contributed by atoms with E-state index < -0.39 is 0 Å². The molecular formula is C4H9NS. The second kappa shape index (κ2) is 5.05. The number of rotatable bonds is 3. The Labute approximate surface area is 43.7 Å². The van der Waals surface area contributed by atoms with Crippen LogP contribution < -0.4 is 5.32 Å². The summed E-state index contributed by atoms with van der Waals surface area (Å²) in [7, 11) is 0. The first-order valence-electron chi connectivity index (χ1n) is 2.06. The van der Waals surface area contributed by atoms with Gasteiger partial charge in [0.15, 0.2) is 0 Å². The molecule has 0 rings (SSSR count). The highest BCUT2D eigenvalue weighted by Gasteiger charge is 1.67. The maximum absolute atomic E-state index is 4.53. The Morgan fingerprint density at radius 2 is 2.50 bits per heavy atom. The van der Waals surface area contributed by atoms with E-state index in [1.807, 2.05) is 0 Å². The van der Waals surface area contributed by atoms with Gasteiger partial charge in [-0.25, -0.2) is 0 Å². The maximum atomic E-state index is 4.53. The molecule has 0 fully saturated rings. The predicted octanol–water partition coefficient (Wildman–Crippen LogP) is 0.596. The van der Waals surface area contributed by atoms with E-state index in [-0.39, 0.29) is 0 Å². The summed E-state index contributed by atoms with van der Waals surface area (Å²) in [5, 5.41) is 4.72. The average molecular weight is 103 g/mol. The van der Waals surface area contributed by atoms with Crippen molar-refractivity contribution in [3.05, 3.63) is 0 Å². The summed E-state index contributed by atoms with van der Waals surface area (Å²) < 4.78 is 0. The molecule has 0 aliphatic heterocycles. The summed E-state index contributed by atoms with van der Waals surface area (Å²) >= 11 is 4.53. The van der Waals surface area contributed by atoms with Crippen LogP contribution in [0.3, 0.4) is 0 Å². The Balaban J connectivity index is 2.49. The van der Waals surface area contributed by atoms with E-state index >= 15 is 0 Å². The van der Waals surface area contributed by atoms with Crippen LogP contribution in [0.4, 0.5) is 0 Å². The van der Waals surface area contributed by atoms with Crippen LogP contribution in [0.2, 0.25) is 0 Å². The Bertz CT molecular complexity index is 36.5. The highest BCUT2D eigenvalue weighted by molar-refractivity contribution is 7.79. The molecule has 2 heteroatoms. The van der Waals surface area contributed by atoms with Crippen molar-refractivity contribution in [2.24, 2.45) is 0 Å². The van der Waals surface area contributed by atoms with Gasteiger partial charge in [-0.15, -0.1) is 0 Å². The molecule has 0 heterocycles. The van der Waals surface area contributed by atoms with Crippen molar-refractivity contribution in [3.8, 4) is 0 Å². The average Bonchev–Trinajstić information content (AvgIpc) is 1.61. The van der Waals surface area contributed by atoms with Crippen LogP contribution in [-0.4, -0.2) is 18.5 Å². The molecule has 0 aliphatic carbocycles. The number of thiocarbonyl (C=S) groups is 1. The Morgan fingerprint density at radius 3 is 2.67 bits per heavy atom. The molecule has 36 valence electrons. The van der Waals surface area contributed by atoms with Crippen LogP contribution in [0.5, 0.6) is 0 Å². The van der Waals surface area contributed by atoms with E-state index in [0.717, 1.165) is 13.1 Å². The number of hydrogen-bond acceptors (Lipinski definition) is 2. The fourth-order valence-electron chi connectivity index (χ4n) is 0.203. The fraction of sp³-hybridized carbons (Fsp3) is 0.750. The molecule has 1 nitrogen and oxygen atoms in total. The first kappa shape index (κ1) is 6.05. The van der Waals surface area contributed by atoms with E-state index in [4.69, 9.17) is 0 Å². The minimum Gasteiger partial charge on any atom is -0.313 e. The molecule has 0 saturated carbocycles. The van der Waals surface area contributed by atoms with Crippen LogP contribution >= 0.6 is 12.2 Å². The number of hydrogen-bond donors (Lipinski definition) is 1. The van der Waals surface area contributed by atoms with Gasteiger partial charge in [0.2, 0.25) is 0 Å². The molecule has 0 radical (unpaired) electrons. The largest absolute Gasteiger partial charge is 0.313 e. The van der Waals surface area contributed by atoms with E-state index in [1.165, 1.54) is 0 Å². The monoisotopic (exact) mass is 103 g/mol. The van der Waals surface area contributed by atoms with Crippen molar-refractivity contribution >= 4 is 17.6 Å². The zero-order valence-corrected chi connectivity index (χ0v) is 4.72. The van der Waals surface area contributed by atoms with Gasteiger partial charge in [-0.1, -0.05) is 19.1 Å². The molecular weight excluding hydrogens is 94.1 g/mol. The molecule has 0 amide bonds. The maximum Gasteiger partial charge on any atom is 0.0238 e. The van der Waals surface area contributed by atoms with Crippen LogP contribution in [0.25, 0.3) is 0 Å². The summed E-state index contributed by atoms with van der Waals surface area (Å²) in [6, 6.07) is 0. The van der Waals surface area contributed by atoms with Crippen LogP contribution in [-0.2, 0) is 0 Å². The van der Waals surface area contributed by atoms with Gasteiger partial charge in [-0.3, -0.25) is 0 Å². The predicted molar refractivity (Wildman–Crippen MR) is 32.2 cm³/mol. The molecule has 0 aromatic carbocycles. The standard InChI is InChI=1S/C4H9NS/c1-2-5-3-4-6/h4-5H,2-3H2,1H3. The van der Waals surface area contributed by atoms with Gasteiger partial charge in [-0.2, -0.15) is 0 Å². The van der Waals surface area contributed by atoms with Gasteiger partial charge >= 0.3 is 0 Å². The molecule has 6 heavy (non-hydrogen) atoms. The zero-order chi connectivity index (χ0) is 4.83. The quantitative estimate of drug-likeness (QED) is 0.414. The second-order valence-corrected chi connectivity index (χ2v) is 1.31. The van der Waals surface area contributed by atoms with Crippen molar-refractivity contribution in [3.63, 3.8) is 0 Å². The normalized spacial score (nSPS) is 8.17. The van der Waals surface area contributed by atoms with Crippen molar-refractivity contribution in [2.45, 2.75) is 6.92 Å². The second-order valence-electron chi connectivity index (χ2n) is 0.974. The first-order valence-corrected chi connectivity index (χ1v) is 2.53. The third-order valence-electron chi connectivity index (χ3n) is 0.478. The third kappa shape index (κ3) is 4.05.